The third kappa shape index (κ3) is 4.72. The number of ether oxygens (including phenoxy) is 2. The lowest BCUT2D eigenvalue weighted by molar-refractivity contribution is -0.140. The fourth-order valence-electron chi connectivity index (χ4n) is 4.81. The molecule has 0 aromatic carbocycles. The van der Waals surface area contributed by atoms with E-state index in [0.717, 1.165) is 61.1 Å². The van der Waals surface area contributed by atoms with Crippen LogP contribution in [0.15, 0.2) is 0 Å². The number of likely N-dealkylation sites (tertiary alicyclic amines) is 1. The zero-order valence-corrected chi connectivity index (χ0v) is 20.3. The van der Waals surface area contributed by atoms with E-state index >= 15 is 0 Å². The number of amides is 1. The number of aromatic nitrogens is 2. The Hall–Kier alpha value is -1.73. The molecular weight excluding hydrogens is 410 g/mol. The van der Waals surface area contributed by atoms with Gasteiger partial charge in [0.05, 0.1) is 18.0 Å². The van der Waals surface area contributed by atoms with Gasteiger partial charge in [-0.3, -0.25) is 4.79 Å². The molecule has 2 aromatic rings. The van der Waals surface area contributed by atoms with Gasteiger partial charge in [-0.25, -0.2) is 4.98 Å². The number of carbonyl (C=O) groups is 1. The standard InChI is InChI=1S/C24H35N3O3S/c1-14(2)21-25-22(20-15(3)16(4)31-23(20)26-21)30-19-10-7-11-27(13-19)24(28)17-8-6-9-18(12-17)29-5/h14,17-19H,6-13H2,1-5H3. The fraction of sp³-hybridized carbons (Fsp3) is 0.708. The molecule has 4 rings (SSSR count). The van der Waals surface area contributed by atoms with Gasteiger partial charge in [-0.1, -0.05) is 20.3 Å². The fourth-order valence-corrected chi connectivity index (χ4v) is 5.83. The van der Waals surface area contributed by atoms with E-state index in [-0.39, 0.29) is 30.0 Å². The molecule has 2 aromatic heterocycles. The lowest BCUT2D eigenvalue weighted by atomic mass is 9.86. The Morgan fingerprint density at radius 1 is 1.13 bits per heavy atom. The topological polar surface area (TPSA) is 64.5 Å². The van der Waals surface area contributed by atoms with Crippen LogP contribution in [0.5, 0.6) is 5.88 Å². The molecule has 3 atom stereocenters. The van der Waals surface area contributed by atoms with Crippen molar-refractivity contribution in [3.8, 4) is 5.88 Å². The molecule has 1 aliphatic heterocycles. The molecule has 2 fully saturated rings. The predicted octanol–water partition coefficient (Wildman–Crippen LogP) is 5.01. The van der Waals surface area contributed by atoms with Gasteiger partial charge in [0.1, 0.15) is 16.8 Å². The second-order valence-corrected chi connectivity index (χ2v) is 10.6. The number of piperidine rings is 1. The zero-order chi connectivity index (χ0) is 22.1. The molecule has 3 heterocycles. The van der Waals surface area contributed by atoms with Crippen molar-refractivity contribution < 1.29 is 14.3 Å². The van der Waals surface area contributed by atoms with Crippen LogP contribution in [-0.4, -0.2) is 53.2 Å². The largest absolute Gasteiger partial charge is 0.472 e. The molecule has 1 saturated heterocycles. The van der Waals surface area contributed by atoms with Crippen LogP contribution in [0.2, 0.25) is 0 Å². The number of nitrogens with zero attached hydrogens (tertiary/aromatic N) is 3. The van der Waals surface area contributed by atoms with Gasteiger partial charge in [0.25, 0.3) is 0 Å². The summed E-state index contributed by atoms with van der Waals surface area (Å²) in [7, 11) is 1.75. The van der Waals surface area contributed by atoms with Gasteiger partial charge < -0.3 is 14.4 Å². The van der Waals surface area contributed by atoms with Gasteiger partial charge in [-0.05, 0) is 51.5 Å². The molecule has 6 nitrogen and oxygen atoms in total. The maximum Gasteiger partial charge on any atom is 0.226 e. The van der Waals surface area contributed by atoms with Gasteiger partial charge in [-0.15, -0.1) is 11.3 Å². The van der Waals surface area contributed by atoms with E-state index in [9.17, 15) is 4.79 Å². The highest BCUT2D eigenvalue weighted by Gasteiger charge is 2.33. The first kappa shape index (κ1) is 22.5. The molecule has 3 unspecified atom stereocenters. The van der Waals surface area contributed by atoms with Crippen LogP contribution in [0.1, 0.15) is 74.6 Å². The molecule has 0 N–H and O–H groups in total. The van der Waals surface area contributed by atoms with Crippen LogP contribution < -0.4 is 4.74 Å². The van der Waals surface area contributed by atoms with Gasteiger partial charge >= 0.3 is 0 Å². The van der Waals surface area contributed by atoms with Crippen molar-refractivity contribution in [3.63, 3.8) is 0 Å². The van der Waals surface area contributed by atoms with Crippen molar-refractivity contribution in [2.45, 2.75) is 84.3 Å². The van der Waals surface area contributed by atoms with Crippen LogP contribution in [0.3, 0.4) is 0 Å². The minimum absolute atomic E-state index is 0.0303. The average Bonchev–Trinajstić information content (AvgIpc) is 3.07. The van der Waals surface area contributed by atoms with E-state index in [1.54, 1.807) is 18.4 Å². The Bertz CT molecular complexity index is 942. The highest BCUT2D eigenvalue weighted by molar-refractivity contribution is 7.18. The van der Waals surface area contributed by atoms with Gasteiger partial charge in [-0.2, -0.15) is 4.98 Å². The lowest BCUT2D eigenvalue weighted by Crippen LogP contribution is -2.47. The van der Waals surface area contributed by atoms with Crippen molar-refractivity contribution >= 4 is 27.5 Å². The molecule has 0 radical (unpaired) electrons. The van der Waals surface area contributed by atoms with Crippen LogP contribution in [0.25, 0.3) is 10.2 Å². The second-order valence-electron chi connectivity index (χ2n) is 9.39. The summed E-state index contributed by atoms with van der Waals surface area (Å²) >= 11 is 1.71. The quantitative estimate of drug-likeness (QED) is 0.647. The first-order chi connectivity index (χ1) is 14.9. The summed E-state index contributed by atoms with van der Waals surface area (Å²) in [4.78, 5) is 27.1. The second kappa shape index (κ2) is 9.41. The number of carbonyl (C=O) groups excluding carboxylic acids is 1. The van der Waals surface area contributed by atoms with Gasteiger partial charge in [0.2, 0.25) is 11.8 Å². The van der Waals surface area contributed by atoms with Crippen molar-refractivity contribution in [1.82, 2.24) is 14.9 Å². The van der Waals surface area contributed by atoms with Crippen LogP contribution in [-0.2, 0) is 9.53 Å². The Morgan fingerprint density at radius 3 is 2.65 bits per heavy atom. The summed E-state index contributed by atoms with van der Waals surface area (Å²) < 4.78 is 12.0. The molecule has 1 amide bonds. The minimum atomic E-state index is -0.0303. The van der Waals surface area contributed by atoms with Crippen molar-refractivity contribution in [1.29, 1.82) is 0 Å². The highest BCUT2D eigenvalue weighted by Crippen LogP contribution is 2.36. The number of fused-ring (bicyclic) bond motifs is 1. The zero-order valence-electron chi connectivity index (χ0n) is 19.4. The minimum Gasteiger partial charge on any atom is -0.472 e. The summed E-state index contributed by atoms with van der Waals surface area (Å²) in [6, 6.07) is 0. The summed E-state index contributed by atoms with van der Waals surface area (Å²) in [6.45, 7) is 9.91. The molecular formula is C24H35N3O3S. The van der Waals surface area contributed by atoms with E-state index in [0.29, 0.717) is 12.4 Å². The maximum atomic E-state index is 13.2. The summed E-state index contributed by atoms with van der Waals surface area (Å²) in [5, 5.41) is 1.03. The SMILES string of the molecule is COC1CCCC(C(=O)N2CCCC(Oc3nc(C(C)C)nc4sc(C)c(C)c34)C2)C1. The van der Waals surface area contributed by atoms with E-state index < -0.39 is 0 Å². The molecule has 1 saturated carbocycles. The number of aryl methyl sites for hydroxylation is 2. The van der Waals surface area contributed by atoms with Crippen LogP contribution in [0.4, 0.5) is 0 Å². The van der Waals surface area contributed by atoms with Crippen molar-refractivity contribution in [3.05, 3.63) is 16.3 Å². The molecule has 0 bridgehead atoms. The average molecular weight is 446 g/mol. The van der Waals surface area contributed by atoms with E-state index in [4.69, 9.17) is 19.4 Å². The number of hydrogen-bond donors (Lipinski definition) is 0. The normalized spacial score (nSPS) is 24.7. The molecule has 170 valence electrons. The third-order valence-corrected chi connectivity index (χ3v) is 7.91. The van der Waals surface area contributed by atoms with Crippen LogP contribution in [0, 0.1) is 19.8 Å². The molecule has 31 heavy (non-hydrogen) atoms. The van der Waals surface area contributed by atoms with E-state index in [1.807, 2.05) is 4.90 Å². The summed E-state index contributed by atoms with van der Waals surface area (Å²) in [5.41, 5.74) is 1.20. The Labute approximate surface area is 189 Å². The summed E-state index contributed by atoms with van der Waals surface area (Å²) in [6.07, 6.45) is 6.03. The van der Waals surface area contributed by atoms with Crippen molar-refractivity contribution in [2.75, 3.05) is 20.2 Å². The Kier molecular flexibility index (Phi) is 6.82. The van der Waals surface area contributed by atoms with Crippen LogP contribution >= 0.6 is 11.3 Å². The molecule has 0 spiro atoms. The number of thiophene rings is 1. The monoisotopic (exact) mass is 445 g/mol. The predicted molar refractivity (Wildman–Crippen MR) is 124 cm³/mol. The summed E-state index contributed by atoms with van der Waals surface area (Å²) in [5.74, 6) is 2.09. The van der Waals surface area contributed by atoms with Gasteiger partial charge in [0, 0.05) is 30.4 Å². The number of hydrogen-bond acceptors (Lipinski definition) is 6. The molecule has 1 aliphatic carbocycles. The number of rotatable bonds is 5. The van der Waals surface area contributed by atoms with Gasteiger partial charge in [0.15, 0.2) is 0 Å². The molecule has 2 aliphatic rings. The van der Waals surface area contributed by atoms with Crippen molar-refractivity contribution in [2.24, 2.45) is 5.92 Å². The third-order valence-electron chi connectivity index (χ3n) is 6.81. The Morgan fingerprint density at radius 2 is 1.90 bits per heavy atom. The first-order valence-electron chi connectivity index (χ1n) is 11.6. The maximum absolute atomic E-state index is 13.2. The van der Waals surface area contributed by atoms with E-state index in [2.05, 4.69) is 27.7 Å². The first-order valence-corrected chi connectivity index (χ1v) is 12.4. The van der Waals surface area contributed by atoms with E-state index in [1.165, 1.54) is 10.4 Å². The number of methoxy groups -OCH3 is 1. The highest BCUT2D eigenvalue weighted by atomic mass is 32.1. The smallest absolute Gasteiger partial charge is 0.226 e. The lowest BCUT2D eigenvalue weighted by Gasteiger charge is -2.37. The Balaban J connectivity index is 1.52. The molecule has 7 heteroatoms.